The number of amides is 2. The molecule has 0 atom stereocenters. The van der Waals surface area contributed by atoms with Gasteiger partial charge in [-0.3, -0.25) is 0 Å². The van der Waals surface area contributed by atoms with Gasteiger partial charge in [0.25, 0.3) is 0 Å². The first kappa shape index (κ1) is 20.8. The smallest absolute Gasteiger partial charge is 0.312 e. The Bertz CT molecular complexity index is 819. The topological polar surface area (TPSA) is 89.7 Å². The maximum absolute atomic E-state index is 11.4. The van der Waals surface area contributed by atoms with Crippen molar-refractivity contribution >= 4 is 11.8 Å². The Morgan fingerprint density at radius 3 is 2.76 bits per heavy atom. The summed E-state index contributed by atoms with van der Waals surface area (Å²) >= 11 is 0. The van der Waals surface area contributed by atoms with E-state index in [-0.39, 0.29) is 5.41 Å². The van der Waals surface area contributed by atoms with E-state index in [1.807, 2.05) is 24.3 Å². The number of hydrogen-bond donors (Lipinski definition) is 2. The molecule has 1 aromatic heterocycles. The predicted octanol–water partition coefficient (Wildman–Crippen LogP) is 3.09. The minimum atomic E-state index is -0.505. The molecule has 7 nitrogen and oxygen atoms in total. The van der Waals surface area contributed by atoms with Gasteiger partial charge in [-0.05, 0) is 49.1 Å². The molecule has 3 rings (SSSR count). The second-order valence-corrected chi connectivity index (χ2v) is 7.39. The molecule has 1 aliphatic rings. The predicted molar refractivity (Wildman–Crippen MR) is 114 cm³/mol. The van der Waals surface area contributed by atoms with E-state index in [4.69, 9.17) is 15.2 Å². The van der Waals surface area contributed by atoms with Crippen molar-refractivity contribution in [2.24, 2.45) is 5.73 Å². The minimum Gasteiger partial charge on any atom is -0.497 e. The van der Waals surface area contributed by atoms with Crippen molar-refractivity contribution in [1.29, 1.82) is 0 Å². The number of rotatable bonds is 8. The average molecular weight is 399 g/mol. The number of nitrogens with one attached hydrogen (secondary N) is 1. The highest BCUT2D eigenvalue weighted by molar-refractivity contribution is 5.71. The number of piperidine rings is 1. The molecule has 156 valence electrons. The van der Waals surface area contributed by atoms with Crippen molar-refractivity contribution in [2.45, 2.75) is 31.6 Å². The van der Waals surface area contributed by atoms with Crippen LogP contribution in [0.1, 0.15) is 31.7 Å². The fourth-order valence-electron chi connectivity index (χ4n) is 3.87. The van der Waals surface area contributed by atoms with Gasteiger partial charge in [0.05, 0.1) is 13.7 Å². The van der Waals surface area contributed by atoms with Gasteiger partial charge < -0.3 is 25.4 Å². The molecule has 29 heavy (non-hydrogen) atoms. The minimum absolute atomic E-state index is 0.209. The summed E-state index contributed by atoms with van der Waals surface area (Å²) < 4.78 is 11.3. The maximum atomic E-state index is 11.4. The average Bonchev–Trinajstić information content (AvgIpc) is 2.77. The molecule has 0 saturated carbocycles. The SMILES string of the molecule is CCCOc1cccnc1N1CCC(CNC(N)=O)(c2cccc(OC)c2)CC1. The molecular weight excluding hydrogens is 368 g/mol. The maximum Gasteiger partial charge on any atom is 0.312 e. The van der Waals surface area contributed by atoms with Gasteiger partial charge in [-0.25, -0.2) is 9.78 Å². The Morgan fingerprint density at radius 2 is 2.07 bits per heavy atom. The number of hydrogen-bond acceptors (Lipinski definition) is 5. The molecule has 2 amide bonds. The van der Waals surface area contributed by atoms with Crippen LogP contribution >= 0.6 is 0 Å². The van der Waals surface area contributed by atoms with Gasteiger partial charge in [0, 0.05) is 31.2 Å². The summed E-state index contributed by atoms with van der Waals surface area (Å²) in [5, 5.41) is 2.83. The zero-order valence-electron chi connectivity index (χ0n) is 17.2. The number of anilines is 1. The summed E-state index contributed by atoms with van der Waals surface area (Å²) in [6.45, 7) is 4.85. The Morgan fingerprint density at radius 1 is 1.28 bits per heavy atom. The van der Waals surface area contributed by atoms with Crippen molar-refractivity contribution in [2.75, 3.05) is 38.3 Å². The first-order chi connectivity index (χ1) is 14.1. The van der Waals surface area contributed by atoms with E-state index in [0.29, 0.717) is 13.2 Å². The van der Waals surface area contributed by atoms with Gasteiger partial charge in [0.15, 0.2) is 11.6 Å². The normalized spacial score (nSPS) is 15.6. The Kier molecular flexibility index (Phi) is 6.80. The molecule has 7 heteroatoms. The molecule has 0 spiro atoms. The van der Waals surface area contributed by atoms with Crippen molar-refractivity contribution in [3.63, 3.8) is 0 Å². The van der Waals surface area contributed by atoms with Gasteiger partial charge in [-0.1, -0.05) is 19.1 Å². The Hall–Kier alpha value is -2.96. The van der Waals surface area contributed by atoms with Crippen molar-refractivity contribution in [3.8, 4) is 11.5 Å². The number of urea groups is 1. The second-order valence-electron chi connectivity index (χ2n) is 7.39. The first-order valence-corrected chi connectivity index (χ1v) is 10.1. The van der Waals surface area contributed by atoms with E-state index >= 15 is 0 Å². The lowest BCUT2D eigenvalue weighted by atomic mass is 9.72. The molecule has 2 heterocycles. The highest BCUT2D eigenvalue weighted by atomic mass is 16.5. The van der Waals surface area contributed by atoms with Crippen LogP contribution in [0, 0.1) is 0 Å². The van der Waals surface area contributed by atoms with Crippen molar-refractivity contribution in [1.82, 2.24) is 10.3 Å². The number of carbonyl (C=O) groups is 1. The highest BCUT2D eigenvalue weighted by Gasteiger charge is 2.37. The molecule has 0 radical (unpaired) electrons. The summed E-state index contributed by atoms with van der Waals surface area (Å²) in [6.07, 6.45) is 4.45. The van der Waals surface area contributed by atoms with E-state index in [0.717, 1.165) is 55.2 Å². The van der Waals surface area contributed by atoms with Crippen molar-refractivity contribution in [3.05, 3.63) is 48.2 Å². The summed E-state index contributed by atoms with van der Waals surface area (Å²) in [6, 6.07) is 11.4. The van der Waals surface area contributed by atoms with Crippen molar-refractivity contribution < 1.29 is 14.3 Å². The molecular formula is C22H30N4O3. The zero-order valence-corrected chi connectivity index (χ0v) is 17.2. The fourth-order valence-corrected chi connectivity index (χ4v) is 3.87. The van der Waals surface area contributed by atoms with Crippen LogP contribution in [0.15, 0.2) is 42.6 Å². The fraction of sp³-hybridized carbons (Fsp3) is 0.455. The molecule has 0 unspecified atom stereocenters. The number of pyridine rings is 1. The molecule has 1 fully saturated rings. The third kappa shape index (κ3) is 4.91. The quantitative estimate of drug-likeness (QED) is 0.713. The number of methoxy groups -OCH3 is 1. The van der Waals surface area contributed by atoms with E-state index in [1.165, 1.54) is 0 Å². The standard InChI is InChI=1S/C22H30N4O3/c1-3-14-29-19-8-5-11-24-20(19)26-12-9-22(10-13-26,16-25-21(23)27)17-6-4-7-18(15-17)28-2/h4-8,11,15H,3,9-10,12-14,16H2,1-2H3,(H3,23,25,27). The summed E-state index contributed by atoms with van der Waals surface area (Å²) in [5.74, 6) is 2.50. The summed E-state index contributed by atoms with van der Waals surface area (Å²) in [4.78, 5) is 18.2. The molecule has 1 aromatic carbocycles. The van der Waals surface area contributed by atoms with E-state index in [2.05, 4.69) is 34.3 Å². The number of primary amides is 1. The van der Waals surface area contributed by atoms with Crippen LogP contribution in [0.4, 0.5) is 10.6 Å². The van der Waals surface area contributed by atoms with Crippen LogP contribution in [0.25, 0.3) is 0 Å². The molecule has 1 aliphatic heterocycles. The Balaban J connectivity index is 1.82. The number of benzene rings is 1. The van der Waals surface area contributed by atoms with Crippen LogP contribution in [0.5, 0.6) is 11.5 Å². The van der Waals surface area contributed by atoms with E-state index in [1.54, 1.807) is 13.3 Å². The molecule has 3 N–H and O–H groups in total. The molecule has 1 saturated heterocycles. The zero-order chi connectivity index (χ0) is 20.7. The summed E-state index contributed by atoms with van der Waals surface area (Å²) in [5.41, 5.74) is 6.31. The highest BCUT2D eigenvalue weighted by Crippen LogP contribution is 2.39. The summed E-state index contributed by atoms with van der Waals surface area (Å²) in [7, 11) is 1.66. The van der Waals surface area contributed by atoms with E-state index < -0.39 is 6.03 Å². The van der Waals surface area contributed by atoms with Gasteiger partial charge in [-0.15, -0.1) is 0 Å². The van der Waals surface area contributed by atoms with Crippen LogP contribution in [-0.2, 0) is 5.41 Å². The van der Waals surface area contributed by atoms with Crippen LogP contribution in [0.2, 0.25) is 0 Å². The number of nitrogens with two attached hydrogens (primary N) is 1. The van der Waals surface area contributed by atoms with Gasteiger partial charge in [-0.2, -0.15) is 0 Å². The van der Waals surface area contributed by atoms with Crippen LogP contribution in [-0.4, -0.2) is 44.4 Å². The number of ether oxygens (including phenoxy) is 2. The van der Waals surface area contributed by atoms with Crippen LogP contribution in [0.3, 0.4) is 0 Å². The largest absolute Gasteiger partial charge is 0.497 e. The van der Waals surface area contributed by atoms with Gasteiger partial charge in [0.2, 0.25) is 0 Å². The lowest BCUT2D eigenvalue weighted by Gasteiger charge is -2.43. The van der Waals surface area contributed by atoms with Crippen LogP contribution < -0.4 is 25.4 Å². The second kappa shape index (κ2) is 9.49. The monoisotopic (exact) mass is 398 g/mol. The number of aromatic nitrogens is 1. The third-order valence-electron chi connectivity index (χ3n) is 5.52. The van der Waals surface area contributed by atoms with Gasteiger partial charge in [0.1, 0.15) is 5.75 Å². The number of carbonyl (C=O) groups excluding carboxylic acids is 1. The first-order valence-electron chi connectivity index (χ1n) is 10.1. The lowest BCUT2D eigenvalue weighted by Crippen LogP contribution is -2.50. The number of nitrogens with zero attached hydrogens (tertiary/aromatic N) is 2. The Labute approximate surface area is 172 Å². The lowest BCUT2D eigenvalue weighted by molar-refractivity contribution is 0.241. The third-order valence-corrected chi connectivity index (χ3v) is 5.52. The van der Waals surface area contributed by atoms with E-state index in [9.17, 15) is 4.79 Å². The molecule has 2 aromatic rings. The molecule has 0 bridgehead atoms. The molecule has 0 aliphatic carbocycles. The van der Waals surface area contributed by atoms with Gasteiger partial charge >= 0.3 is 6.03 Å².